The molecule has 27 heavy (non-hydrogen) atoms. The molecule has 0 amide bonds. The van der Waals surface area contributed by atoms with E-state index in [9.17, 15) is 4.79 Å². The van der Waals surface area contributed by atoms with Crippen molar-refractivity contribution in [2.45, 2.75) is 12.5 Å². The van der Waals surface area contributed by atoms with Gasteiger partial charge in [0.15, 0.2) is 5.96 Å². The number of nitrogens with zero attached hydrogens (tertiary/aromatic N) is 2. The molecule has 8 nitrogen and oxygen atoms in total. The van der Waals surface area contributed by atoms with Gasteiger partial charge in [-0.15, -0.1) is 0 Å². The van der Waals surface area contributed by atoms with Crippen molar-refractivity contribution in [1.29, 1.82) is 0 Å². The molecule has 1 aliphatic rings. The number of carbonyl (C=O) groups excluding carboxylic acids is 1. The molecule has 8 heteroatoms. The van der Waals surface area contributed by atoms with Crippen LogP contribution in [0.15, 0.2) is 29.3 Å². The second kappa shape index (κ2) is 11.4. The van der Waals surface area contributed by atoms with E-state index in [1.54, 1.807) is 14.2 Å². The first-order valence-electron chi connectivity index (χ1n) is 9.15. The van der Waals surface area contributed by atoms with Crippen LogP contribution in [-0.2, 0) is 14.3 Å². The highest BCUT2D eigenvalue weighted by Crippen LogP contribution is 2.23. The van der Waals surface area contributed by atoms with Gasteiger partial charge in [0.25, 0.3) is 0 Å². The van der Waals surface area contributed by atoms with Crippen LogP contribution in [0.2, 0.25) is 0 Å². The smallest absolute Gasteiger partial charge is 0.307 e. The molecular formula is C19H30N4O4. The SMILES string of the molecule is CN=C(NCCC(=O)OC)NCC(c1ccc(OC)cc1)N1CCOCC1. The van der Waals surface area contributed by atoms with Crippen molar-refractivity contribution in [3.8, 4) is 5.75 Å². The van der Waals surface area contributed by atoms with Crippen molar-refractivity contribution in [1.82, 2.24) is 15.5 Å². The largest absolute Gasteiger partial charge is 0.497 e. The molecule has 0 aliphatic carbocycles. The predicted octanol–water partition coefficient (Wildman–Crippen LogP) is 0.797. The Bertz CT molecular complexity index is 600. The number of rotatable bonds is 8. The molecule has 2 rings (SSSR count). The summed E-state index contributed by atoms with van der Waals surface area (Å²) >= 11 is 0. The standard InChI is InChI=1S/C19H30N4O4/c1-20-19(21-9-8-18(24)26-3)22-14-17(23-10-12-27-13-11-23)15-4-6-16(25-2)7-5-15/h4-7,17H,8-14H2,1-3H3,(H2,20,21,22). The number of guanidine groups is 1. The van der Waals surface area contributed by atoms with Crippen molar-refractivity contribution in [3.63, 3.8) is 0 Å². The fourth-order valence-corrected chi connectivity index (χ4v) is 2.97. The molecule has 1 aromatic carbocycles. The van der Waals surface area contributed by atoms with Crippen molar-refractivity contribution < 1.29 is 19.0 Å². The quantitative estimate of drug-likeness (QED) is 0.393. The topological polar surface area (TPSA) is 84.4 Å². The molecule has 1 aromatic rings. The number of benzene rings is 1. The van der Waals surface area contributed by atoms with Crippen LogP contribution in [0.25, 0.3) is 0 Å². The summed E-state index contributed by atoms with van der Waals surface area (Å²) in [6.45, 7) is 4.39. The lowest BCUT2D eigenvalue weighted by Crippen LogP contribution is -2.46. The van der Waals surface area contributed by atoms with Gasteiger partial charge in [-0.05, 0) is 17.7 Å². The zero-order chi connectivity index (χ0) is 19.5. The van der Waals surface area contributed by atoms with Gasteiger partial charge < -0.3 is 24.8 Å². The van der Waals surface area contributed by atoms with Gasteiger partial charge in [0.1, 0.15) is 5.75 Å². The molecule has 1 fully saturated rings. The average Bonchev–Trinajstić information content (AvgIpc) is 2.73. The number of carbonyl (C=O) groups is 1. The van der Waals surface area contributed by atoms with Gasteiger partial charge >= 0.3 is 5.97 Å². The lowest BCUT2D eigenvalue weighted by molar-refractivity contribution is -0.140. The lowest BCUT2D eigenvalue weighted by Gasteiger charge is -2.35. The first-order chi connectivity index (χ1) is 13.2. The van der Waals surface area contributed by atoms with E-state index in [1.807, 2.05) is 12.1 Å². The minimum Gasteiger partial charge on any atom is -0.497 e. The number of aliphatic imine (C=N–C) groups is 1. The highest BCUT2D eigenvalue weighted by atomic mass is 16.5. The fraction of sp³-hybridized carbons (Fsp3) is 0.579. The summed E-state index contributed by atoms with van der Waals surface area (Å²) in [5, 5.41) is 6.50. The van der Waals surface area contributed by atoms with E-state index >= 15 is 0 Å². The van der Waals surface area contributed by atoms with Crippen molar-refractivity contribution in [3.05, 3.63) is 29.8 Å². The summed E-state index contributed by atoms with van der Waals surface area (Å²) in [7, 11) is 4.77. The molecule has 1 aliphatic heterocycles. The molecule has 2 N–H and O–H groups in total. The Morgan fingerprint density at radius 1 is 1.22 bits per heavy atom. The van der Waals surface area contributed by atoms with Crippen LogP contribution in [-0.4, -0.2) is 77.5 Å². The van der Waals surface area contributed by atoms with Gasteiger partial charge in [0.2, 0.25) is 0 Å². The molecule has 1 saturated heterocycles. The summed E-state index contributed by atoms with van der Waals surface area (Å²) < 4.78 is 15.4. The molecule has 1 unspecified atom stereocenters. The van der Waals surface area contributed by atoms with E-state index in [0.717, 1.165) is 32.1 Å². The van der Waals surface area contributed by atoms with E-state index < -0.39 is 0 Å². The van der Waals surface area contributed by atoms with Gasteiger partial charge in [-0.3, -0.25) is 14.7 Å². The Hall–Kier alpha value is -2.32. The summed E-state index contributed by atoms with van der Waals surface area (Å²) in [4.78, 5) is 17.9. The number of esters is 1. The average molecular weight is 378 g/mol. The zero-order valence-corrected chi connectivity index (χ0v) is 16.4. The van der Waals surface area contributed by atoms with Crippen LogP contribution in [0.5, 0.6) is 5.75 Å². The minimum atomic E-state index is -0.248. The molecule has 0 spiro atoms. The van der Waals surface area contributed by atoms with E-state index in [0.29, 0.717) is 25.5 Å². The van der Waals surface area contributed by atoms with E-state index in [1.165, 1.54) is 12.7 Å². The fourth-order valence-electron chi connectivity index (χ4n) is 2.97. The maximum atomic E-state index is 11.2. The third-order valence-electron chi connectivity index (χ3n) is 4.52. The number of hydrogen-bond acceptors (Lipinski definition) is 6. The Kier molecular flexibility index (Phi) is 8.86. The third-order valence-corrected chi connectivity index (χ3v) is 4.52. The molecule has 150 valence electrons. The molecular weight excluding hydrogens is 348 g/mol. The molecule has 0 radical (unpaired) electrons. The van der Waals surface area contributed by atoms with Gasteiger partial charge in [-0.25, -0.2) is 0 Å². The van der Waals surface area contributed by atoms with Gasteiger partial charge in [-0.2, -0.15) is 0 Å². The number of ether oxygens (including phenoxy) is 3. The van der Waals surface area contributed by atoms with Gasteiger partial charge in [-0.1, -0.05) is 12.1 Å². The van der Waals surface area contributed by atoms with E-state index in [-0.39, 0.29) is 12.0 Å². The van der Waals surface area contributed by atoms with Gasteiger partial charge in [0.05, 0.1) is 39.9 Å². The lowest BCUT2D eigenvalue weighted by atomic mass is 10.0. The summed E-state index contributed by atoms with van der Waals surface area (Å²) in [5.41, 5.74) is 1.20. The highest BCUT2D eigenvalue weighted by molar-refractivity contribution is 5.80. The second-order valence-corrected chi connectivity index (χ2v) is 6.14. The Morgan fingerprint density at radius 2 is 1.93 bits per heavy atom. The molecule has 0 bridgehead atoms. The number of nitrogens with one attached hydrogen (secondary N) is 2. The summed E-state index contributed by atoms with van der Waals surface area (Å²) in [6, 6.07) is 8.32. The minimum absolute atomic E-state index is 0.180. The van der Waals surface area contributed by atoms with Crippen molar-refractivity contribution >= 4 is 11.9 Å². The number of methoxy groups -OCH3 is 2. The van der Waals surface area contributed by atoms with Crippen LogP contribution in [0, 0.1) is 0 Å². The highest BCUT2D eigenvalue weighted by Gasteiger charge is 2.23. The first-order valence-corrected chi connectivity index (χ1v) is 9.15. The van der Waals surface area contributed by atoms with Crippen LogP contribution < -0.4 is 15.4 Å². The Balaban J connectivity index is 1.98. The van der Waals surface area contributed by atoms with Crippen LogP contribution >= 0.6 is 0 Å². The van der Waals surface area contributed by atoms with Crippen LogP contribution in [0.4, 0.5) is 0 Å². The maximum Gasteiger partial charge on any atom is 0.307 e. The van der Waals surface area contributed by atoms with Crippen LogP contribution in [0.3, 0.4) is 0 Å². The van der Waals surface area contributed by atoms with Crippen molar-refractivity contribution in [2.24, 2.45) is 4.99 Å². The molecule has 0 aromatic heterocycles. The number of hydrogen-bond donors (Lipinski definition) is 2. The van der Waals surface area contributed by atoms with E-state index in [4.69, 9.17) is 9.47 Å². The Labute approximate surface area is 160 Å². The maximum absolute atomic E-state index is 11.2. The molecule has 1 atom stereocenters. The number of morpholine rings is 1. The third kappa shape index (κ3) is 6.73. The van der Waals surface area contributed by atoms with Crippen LogP contribution in [0.1, 0.15) is 18.0 Å². The van der Waals surface area contributed by atoms with E-state index in [2.05, 4.69) is 37.4 Å². The Morgan fingerprint density at radius 3 is 2.52 bits per heavy atom. The second-order valence-electron chi connectivity index (χ2n) is 6.14. The normalized spacial score (nSPS) is 16.5. The van der Waals surface area contributed by atoms with Crippen molar-refractivity contribution in [2.75, 3.05) is 60.7 Å². The van der Waals surface area contributed by atoms with Gasteiger partial charge in [0, 0.05) is 33.2 Å². The summed E-state index contributed by atoms with van der Waals surface area (Å²) in [6.07, 6.45) is 0.294. The summed E-state index contributed by atoms with van der Waals surface area (Å²) in [5.74, 6) is 1.25. The molecule has 0 saturated carbocycles. The monoisotopic (exact) mass is 378 g/mol. The zero-order valence-electron chi connectivity index (χ0n) is 16.4. The first kappa shape index (κ1) is 21.0. The molecule has 1 heterocycles. The predicted molar refractivity (Wildman–Crippen MR) is 104 cm³/mol.